The number of ether oxygens (including phenoxy) is 1. The summed E-state index contributed by atoms with van der Waals surface area (Å²) in [5.74, 6) is 0.713. The van der Waals surface area contributed by atoms with E-state index in [9.17, 15) is 14.4 Å². The Bertz CT molecular complexity index is 660. The number of guanidine groups is 1. The molecule has 0 spiro atoms. The number of imide groups is 1. The van der Waals surface area contributed by atoms with Crippen molar-refractivity contribution in [2.75, 3.05) is 33.3 Å². The van der Waals surface area contributed by atoms with Gasteiger partial charge in [-0.2, -0.15) is 0 Å². The number of amides is 2. The maximum atomic E-state index is 12.7. The van der Waals surface area contributed by atoms with Gasteiger partial charge in [0.05, 0.1) is 18.9 Å². The van der Waals surface area contributed by atoms with E-state index < -0.39 is 0 Å². The molecule has 8 heteroatoms. The van der Waals surface area contributed by atoms with Crippen molar-refractivity contribution in [3.63, 3.8) is 0 Å². The molecular weight excluding hydrogens is 372 g/mol. The number of nitrogens with one attached hydrogen (secondary N) is 2. The zero-order valence-corrected chi connectivity index (χ0v) is 17.4. The topological polar surface area (TPSA) is 100 Å². The maximum Gasteiger partial charge on any atom is 0.305 e. The van der Waals surface area contributed by atoms with Crippen LogP contribution in [-0.4, -0.2) is 61.9 Å². The fourth-order valence-corrected chi connectivity index (χ4v) is 4.66. The summed E-state index contributed by atoms with van der Waals surface area (Å²) in [6, 6.07) is 0. The number of esters is 1. The van der Waals surface area contributed by atoms with E-state index in [0.717, 1.165) is 32.2 Å². The molecular formula is C21H32N4O4. The van der Waals surface area contributed by atoms with Crippen molar-refractivity contribution in [3.05, 3.63) is 12.2 Å². The van der Waals surface area contributed by atoms with Crippen LogP contribution in [0.1, 0.15) is 39.0 Å². The molecule has 0 aromatic heterocycles. The van der Waals surface area contributed by atoms with Gasteiger partial charge in [-0.25, -0.2) is 0 Å². The standard InChI is InChI=1S/C21H32N4O4/c1-3-22-21(23-10-6-4-5-7-16(26)29-2)24-11-12-25-19(27)17-14-8-9-15(13-14)18(17)20(25)28/h8-9,14-15,17-18H,3-7,10-13H2,1-2H3,(H2,22,23,24). The molecule has 1 saturated heterocycles. The van der Waals surface area contributed by atoms with E-state index in [2.05, 4.69) is 32.5 Å². The Hall–Kier alpha value is -2.38. The highest BCUT2D eigenvalue weighted by molar-refractivity contribution is 6.06. The minimum Gasteiger partial charge on any atom is -0.469 e. The van der Waals surface area contributed by atoms with Crippen LogP contribution in [0.25, 0.3) is 0 Å². The molecule has 0 aromatic carbocycles. The molecule has 3 aliphatic rings. The van der Waals surface area contributed by atoms with Gasteiger partial charge in [0, 0.05) is 32.6 Å². The summed E-state index contributed by atoms with van der Waals surface area (Å²) in [6.07, 6.45) is 8.21. The number of likely N-dealkylation sites (tertiary alicyclic amines) is 1. The normalized spacial score (nSPS) is 27.5. The zero-order valence-electron chi connectivity index (χ0n) is 17.4. The molecule has 2 amide bonds. The lowest BCUT2D eigenvalue weighted by molar-refractivity contribution is -0.141. The average molecular weight is 405 g/mol. The molecule has 1 saturated carbocycles. The fraction of sp³-hybridized carbons (Fsp3) is 0.714. The van der Waals surface area contributed by atoms with Gasteiger partial charge in [-0.15, -0.1) is 0 Å². The number of fused-ring (bicyclic) bond motifs is 5. The Kier molecular flexibility index (Phi) is 7.28. The molecule has 3 rings (SSSR count). The van der Waals surface area contributed by atoms with E-state index in [1.165, 1.54) is 12.0 Å². The van der Waals surface area contributed by atoms with Crippen LogP contribution in [0.2, 0.25) is 0 Å². The van der Waals surface area contributed by atoms with Crippen LogP contribution in [0, 0.1) is 23.7 Å². The van der Waals surface area contributed by atoms with E-state index in [-0.39, 0.29) is 41.5 Å². The summed E-state index contributed by atoms with van der Waals surface area (Å²) in [4.78, 5) is 42.4. The van der Waals surface area contributed by atoms with Crippen molar-refractivity contribution < 1.29 is 19.1 Å². The van der Waals surface area contributed by atoms with E-state index >= 15 is 0 Å². The Balaban J connectivity index is 1.40. The molecule has 1 aliphatic heterocycles. The molecule has 2 bridgehead atoms. The van der Waals surface area contributed by atoms with Crippen LogP contribution in [-0.2, 0) is 19.1 Å². The molecule has 2 fully saturated rings. The molecule has 1 heterocycles. The number of carbonyl (C=O) groups is 3. The molecule has 8 nitrogen and oxygen atoms in total. The van der Waals surface area contributed by atoms with Gasteiger partial charge < -0.3 is 15.4 Å². The van der Waals surface area contributed by atoms with Gasteiger partial charge in [-0.1, -0.05) is 18.6 Å². The van der Waals surface area contributed by atoms with Crippen LogP contribution < -0.4 is 10.6 Å². The van der Waals surface area contributed by atoms with Gasteiger partial charge in [0.2, 0.25) is 11.8 Å². The largest absolute Gasteiger partial charge is 0.469 e. The minimum absolute atomic E-state index is 0.00815. The molecule has 0 radical (unpaired) electrons. The lowest BCUT2D eigenvalue weighted by Crippen LogP contribution is -2.43. The third-order valence-corrected chi connectivity index (χ3v) is 6.07. The van der Waals surface area contributed by atoms with E-state index in [1.807, 2.05) is 6.92 Å². The predicted octanol–water partition coefficient (Wildman–Crippen LogP) is 1.08. The lowest BCUT2D eigenvalue weighted by Gasteiger charge is -2.18. The third kappa shape index (κ3) is 4.79. The smallest absolute Gasteiger partial charge is 0.305 e. The molecule has 0 aromatic rings. The summed E-state index contributed by atoms with van der Waals surface area (Å²) in [7, 11) is 1.40. The van der Waals surface area contributed by atoms with Crippen LogP contribution in [0.3, 0.4) is 0 Å². The Morgan fingerprint density at radius 2 is 1.83 bits per heavy atom. The summed E-state index contributed by atoms with van der Waals surface area (Å²) >= 11 is 0. The van der Waals surface area contributed by atoms with Crippen molar-refractivity contribution in [1.82, 2.24) is 15.5 Å². The van der Waals surface area contributed by atoms with Gasteiger partial charge in [-0.05, 0) is 38.0 Å². The minimum atomic E-state index is -0.178. The van der Waals surface area contributed by atoms with Gasteiger partial charge >= 0.3 is 5.97 Å². The number of methoxy groups -OCH3 is 1. The third-order valence-electron chi connectivity index (χ3n) is 6.07. The molecule has 160 valence electrons. The SMILES string of the molecule is CCNC(=NCCCCCC(=O)OC)NCCN1C(=O)C2C3C=CC(C3)C2C1=O. The second-order valence-corrected chi connectivity index (χ2v) is 7.90. The van der Waals surface area contributed by atoms with Crippen molar-refractivity contribution >= 4 is 23.7 Å². The van der Waals surface area contributed by atoms with Crippen LogP contribution in [0.5, 0.6) is 0 Å². The van der Waals surface area contributed by atoms with E-state index in [0.29, 0.717) is 32.0 Å². The van der Waals surface area contributed by atoms with Gasteiger partial charge in [0.25, 0.3) is 0 Å². The van der Waals surface area contributed by atoms with Crippen LogP contribution >= 0.6 is 0 Å². The second kappa shape index (κ2) is 9.89. The van der Waals surface area contributed by atoms with Gasteiger partial charge in [-0.3, -0.25) is 24.3 Å². The quantitative estimate of drug-likeness (QED) is 0.141. The molecule has 29 heavy (non-hydrogen) atoms. The highest BCUT2D eigenvalue weighted by atomic mass is 16.5. The van der Waals surface area contributed by atoms with E-state index in [1.54, 1.807) is 0 Å². The highest BCUT2D eigenvalue weighted by Gasteiger charge is 2.58. The van der Waals surface area contributed by atoms with Gasteiger partial charge in [0.15, 0.2) is 5.96 Å². The Morgan fingerprint density at radius 1 is 1.14 bits per heavy atom. The lowest BCUT2D eigenvalue weighted by atomic mass is 9.85. The average Bonchev–Trinajstić information content (AvgIpc) is 3.39. The number of aliphatic imine (C=N–C) groups is 1. The first kappa shape index (κ1) is 21.3. The number of carbonyl (C=O) groups excluding carboxylic acids is 3. The highest BCUT2D eigenvalue weighted by Crippen LogP contribution is 2.52. The Labute approximate surface area is 172 Å². The monoisotopic (exact) mass is 404 g/mol. The number of rotatable bonds is 10. The first-order chi connectivity index (χ1) is 14.1. The fourth-order valence-electron chi connectivity index (χ4n) is 4.66. The second-order valence-electron chi connectivity index (χ2n) is 7.90. The number of nitrogens with zero attached hydrogens (tertiary/aromatic N) is 2. The first-order valence-electron chi connectivity index (χ1n) is 10.7. The van der Waals surface area contributed by atoms with Crippen LogP contribution in [0.4, 0.5) is 0 Å². The molecule has 2 aliphatic carbocycles. The van der Waals surface area contributed by atoms with Crippen molar-refractivity contribution in [3.8, 4) is 0 Å². The number of hydrogen-bond acceptors (Lipinski definition) is 5. The molecule has 4 atom stereocenters. The first-order valence-corrected chi connectivity index (χ1v) is 10.7. The number of allylic oxidation sites excluding steroid dienone is 2. The summed E-state index contributed by atoms with van der Waals surface area (Å²) in [5.41, 5.74) is 0. The van der Waals surface area contributed by atoms with Gasteiger partial charge in [0.1, 0.15) is 0 Å². The number of hydrogen-bond donors (Lipinski definition) is 2. The van der Waals surface area contributed by atoms with Crippen LogP contribution in [0.15, 0.2) is 17.1 Å². The van der Waals surface area contributed by atoms with Crippen molar-refractivity contribution in [1.29, 1.82) is 0 Å². The zero-order chi connectivity index (χ0) is 20.8. The summed E-state index contributed by atoms with van der Waals surface area (Å²) < 4.78 is 4.63. The summed E-state index contributed by atoms with van der Waals surface area (Å²) in [6.45, 7) is 4.22. The van der Waals surface area contributed by atoms with Crippen molar-refractivity contribution in [2.45, 2.75) is 39.0 Å². The Morgan fingerprint density at radius 3 is 2.45 bits per heavy atom. The molecule has 2 N–H and O–H groups in total. The number of unbranched alkanes of at least 4 members (excludes halogenated alkanes) is 2. The summed E-state index contributed by atoms with van der Waals surface area (Å²) in [5, 5.41) is 6.39. The predicted molar refractivity (Wildman–Crippen MR) is 109 cm³/mol. The van der Waals surface area contributed by atoms with Crippen molar-refractivity contribution in [2.24, 2.45) is 28.7 Å². The maximum absolute atomic E-state index is 12.7. The van der Waals surface area contributed by atoms with E-state index in [4.69, 9.17) is 0 Å². The molecule has 4 unspecified atom stereocenters.